The molecule has 132 valence electrons. The summed E-state index contributed by atoms with van der Waals surface area (Å²) in [5, 5.41) is -0.0320. The van der Waals surface area contributed by atoms with Crippen LogP contribution in [0.4, 0.5) is 5.69 Å². The molecular formula is C15H6Cl7NO2. The number of alkyl halides is 4. The maximum Gasteiger partial charge on any atom is 0.240 e. The molecule has 1 aromatic carbocycles. The van der Waals surface area contributed by atoms with Gasteiger partial charge in [0.25, 0.3) is 0 Å². The van der Waals surface area contributed by atoms with Gasteiger partial charge < -0.3 is 0 Å². The first-order valence-corrected chi connectivity index (χ1v) is 9.61. The second-order valence-electron chi connectivity index (χ2n) is 6.04. The lowest BCUT2D eigenvalue weighted by Crippen LogP contribution is -2.50. The molecule has 2 fully saturated rings. The summed E-state index contributed by atoms with van der Waals surface area (Å²) in [5.74, 6) is -3.59. The SMILES string of the molecule is O=C1[C@@H]2[C@H](C(=O)N1c1ccccc1Cl)[C@@]1(Cl)C(Cl)=C(Cl)[C@@]2(Cl)C1(Cl)Cl. The monoisotopic (exact) mass is 477 g/mol. The molecule has 4 rings (SSSR count). The fourth-order valence-corrected chi connectivity index (χ4v) is 7.01. The Morgan fingerprint density at radius 2 is 1.24 bits per heavy atom. The van der Waals surface area contributed by atoms with Crippen molar-refractivity contribution in [3.63, 3.8) is 0 Å². The molecule has 0 radical (unpaired) electrons. The highest BCUT2D eigenvalue weighted by Crippen LogP contribution is 2.77. The van der Waals surface area contributed by atoms with E-state index < -0.39 is 37.7 Å². The topological polar surface area (TPSA) is 37.4 Å². The first-order chi connectivity index (χ1) is 11.5. The maximum atomic E-state index is 13.1. The quantitative estimate of drug-likeness (QED) is 0.405. The Balaban J connectivity index is 1.94. The normalized spacial score (nSPS) is 38.8. The number of carbonyl (C=O) groups is 2. The molecule has 3 aliphatic rings. The molecule has 1 aliphatic heterocycles. The summed E-state index contributed by atoms with van der Waals surface area (Å²) in [6.45, 7) is 0. The second-order valence-corrected chi connectivity index (χ2v) is 9.73. The molecule has 2 amide bonds. The third-order valence-electron chi connectivity index (χ3n) is 5.00. The summed E-state index contributed by atoms with van der Waals surface area (Å²) >= 11 is 44.7. The van der Waals surface area contributed by atoms with Crippen LogP contribution in [0.1, 0.15) is 0 Å². The Morgan fingerprint density at radius 3 is 1.68 bits per heavy atom. The highest BCUT2D eigenvalue weighted by molar-refractivity contribution is 6.67. The number of fused-ring (bicyclic) bond motifs is 5. The van der Waals surface area contributed by atoms with Gasteiger partial charge in [0.2, 0.25) is 11.8 Å². The van der Waals surface area contributed by atoms with Gasteiger partial charge in [0.15, 0.2) is 4.33 Å². The van der Waals surface area contributed by atoms with Gasteiger partial charge in [-0.15, -0.1) is 23.2 Å². The fourth-order valence-electron chi connectivity index (χ4n) is 3.87. The van der Waals surface area contributed by atoms with Crippen molar-refractivity contribution >= 4 is 98.7 Å². The van der Waals surface area contributed by atoms with E-state index in [1.807, 2.05) is 0 Å². The molecule has 3 nitrogen and oxygen atoms in total. The van der Waals surface area contributed by atoms with E-state index in [1.54, 1.807) is 18.2 Å². The number of benzene rings is 1. The highest BCUT2D eigenvalue weighted by atomic mass is 35.5. The van der Waals surface area contributed by atoms with Crippen molar-refractivity contribution in [3.05, 3.63) is 39.4 Å². The summed E-state index contributed by atoms with van der Waals surface area (Å²) in [5.41, 5.74) is 0.218. The van der Waals surface area contributed by atoms with E-state index in [9.17, 15) is 9.59 Å². The molecule has 1 heterocycles. The summed E-state index contributed by atoms with van der Waals surface area (Å²) < 4.78 is -1.94. The van der Waals surface area contributed by atoms with Crippen LogP contribution in [0.25, 0.3) is 0 Å². The standard InChI is InChI=1S/C15H6Cl7NO2/c16-5-3-1-2-4-6(5)23-11(24)7-8(12(23)25)14(20)10(18)9(17)13(7,19)15(14,21)22/h1-4,7-8H/t7-,8+,13-,14-/m1/s1. The van der Waals surface area contributed by atoms with Crippen molar-refractivity contribution in [1.82, 2.24) is 0 Å². The molecule has 1 saturated carbocycles. The minimum absolute atomic E-state index is 0.126. The van der Waals surface area contributed by atoms with Crippen LogP contribution in [0.5, 0.6) is 0 Å². The third kappa shape index (κ3) is 1.80. The van der Waals surface area contributed by atoms with E-state index in [0.29, 0.717) is 0 Å². The highest BCUT2D eigenvalue weighted by Gasteiger charge is 2.87. The number of para-hydroxylation sites is 1. The van der Waals surface area contributed by atoms with Crippen molar-refractivity contribution in [1.29, 1.82) is 0 Å². The van der Waals surface area contributed by atoms with Crippen molar-refractivity contribution in [2.24, 2.45) is 11.8 Å². The van der Waals surface area contributed by atoms with Crippen molar-refractivity contribution in [2.45, 2.75) is 14.1 Å². The smallest absolute Gasteiger partial charge is 0.240 e. The van der Waals surface area contributed by atoms with Crippen molar-refractivity contribution < 1.29 is 9.59 Å². The molecule has 0 spiro atoms. The number of anilines is 1. The first kappa shape index (κ1) is 18.5. The van der Waals surface area contributed by atoms with Crippen LogP contribution in [0, 0.1) is 11.8 Å². The molecule has 4 atom stereocenters. The van der Waals surface area contributed by atoms with E-state index >= 15 is 0 Å². The van der Waals surface area contributed by atoms with Crippen molar-refractivity contribution in [3.8, 4) is 0 Å². The molecule has 1 saturated heterocycles. The van der Waals surface area contributed by atoms with E-state index in [1.165, 1.54) is 6.07 Å². The Hall–Kier alpha value is 0.130. The number of hydrogen-bond donors (Lipinski definition) is 0. The maximum absolute atomic E-state index is 13.1. The zero-order chi connectivity index (χ0) is 18.5. The second kappa shape index (κ2) is 5.35. The largest absolute Gasteiger partial charge is 0.274 e. The number of hydrogen-bond acceptors (Lipinski definition) is 2. The number of nitrogens with zero attached hydrogens (tertiary/aromatic N) is 1. The third-order valence-corrected chi connectivity index (χ3v) is 9.58. The van der Waals surface area contributed by atoms with Gasteiger partial charge in [-0.3, -0.25) is 9.59 Å². The lowest BCUT2D eigenvalue weighted by atomic mass is 9.84. The van der Waals surface area contributed by atoms with Gasteiger partial charge in [-0.1, -0.05) is 70.1 Å². The van der Waals surface area contributed by atoms with Gasteiger partial charge >= 0.3 is 0 Å². The van der Waals surface area contributed by atoms with E-state index in [0.717, 1.165) is 4.90 Å². The van der Waals surface area contributed by atoms with E-state index in [4.69, 9.17) is 81.2 Å². The summed E-state index contributed by atoms with van der Waals surface area (Å²) in [6.07, 6.45) is 0. The van der Waals surface area contributed by atoms with Gasteiger partial charge in [-0.2, -0.15) is 0 Å². The van der Waals surface area contributed by atoms with E-state index in [-0.39, 0.29) is 20.8 Å². The average molecular weight is 480 g/mol. The van der Waals surface area contributed by atoms with Crippen LogP contribution in [0.2, 0.25) is 5.02 Å². The van der Waals surface area contributed by atoms with Gasteiger partial charge in [-0.05, 0) is 12.1 Å². The minimum Gasteiger partial charge on any atom is -0.274 e. The van der Waals surface area contributed by atoms with Gasteiger partial charge in [0.05, 0.1) is 32.6 Å². The molecule has 0 unspecified atom stereocenters. The number of allylic oxidation sites excluding steroid dienone is 2. The summed E-state index contributed by atoms with van der Waals surface area (Å²) in [6, 6.07) is 6.40. The van der Waals surface area contributed by atoms with Crippen LogP contribution >= 0.6 is 81.2 Å². The van der Waals surface area contributed by atoms with Gasteiger partial charge in [0, 0.05) is 0 Å². The predicted octanol–water partition coefficient (Wildman–Crippen LogP) is 5.29. The molecule has 2 bridgehead atoms. The number of imide groups is 1. The van der Waals surface area contributed by atoms with Crippen LogP contribution in [0.3, 0.4) is 0 Å². The lowest BCUT2D eigenvalue weighted by Gasteiger charge is -2.34. The predicted molar refractivity (Wildman–Crippen MR) is 101 cm³/mol. The number of carbonyl (C=O) groups excluding carboxylic acids is 2. The molecule has 0 N–H and O–H groups in total. The Morgan fingerprint density at radius 1 is 0.800 bits per heavy atom. The zero-order valence-corrected chi connectivity index (χ0v) is 17.2. The Labute approximate surface area is 177 Å². The van der Waals surface area contributed by atoms with Crippen LogP contribution < -0.4 is 4.90 Å². The molecule has 0 aromatic heterocycles. The van der Waals surface area contributed by atoms with Crippen LogP contribution in [-0.4, -0.2) is 25.9 Å². The number of rotatable bonds is 1. The lowest BCUT2D eigenvalue weighted by molar-refractivity contribution is -0.123. The Kier molecular flexibility index (Phi) is 3.96. The summed E-state index contributed by atoms with van der Waals surface area (Å²) in [4.78, 5) is 23.5. The van der Waals surface area contributed by atoms with Crippen molar-refractivity contribution in [2.75, 3.05) is 4.90 Å². The zero-order valence-electron chi connectivity index (χ0n) is 11.9. The Bertz CT molecular complexity index is 838. The molecule has 2 aliphatic carbocycles. The first-order valence-electron chi connectivity index (χ1n) is 6.97. The van der Waals surface area contributed by atoms with Gasteiger partial charge in [-0.25, -0.2) is 4.90 Å². The number of amides is 2. The molecule has 25 heavy (non-hydrogen) atoms. The van der Waals surface area contributed by atoms with Crippen LogP contribution in [-0.2, 0) is 9.59 Å². The molecule has 1 aromatic rings. The fraction of sp³-hybridized carbons (Fsp3) is 0.333. The molecule has 10 heteroatoms. The minimum atomic E-state index is -1.94. The number of halogens is 7. The summed E-state index contributed by atoms with van der Waals surface area (Å²) in [7, 11) is 0. The molecular weight excluding hydrogens is 474 g/mol. The average Bonchev–Trinajstić information content (AvgIpc) is 2.93. The van der Waals surface area contributed by atoms with Gasteiger partial charge in [0.1, 0.15) is 9.75 Å². The van der Waals surface area contributed by atoms with E-state index in [2.05, 4.69) is 0 Å². The van der Waals surface area contributed by atoms with Crippen LogP contribution in [0.15, 0.2) is 34.3 Å².